The summed E-state index contributed by atoms with van der Waals surface area (Å²) in [5.41, 5.74) is 1.40. The smallest absolute Gasteiger partial charge is 0.367 e. The maximum atomic E-state index is 12.8. The van der Waals surface area contributed by atoms with E-state index in [1.165, 1.54) is 17.7 Å². The third-order valence-corrected chi connectivity index (χ3v) is 4.51. The number of halogens is 3. The first kappa shape index (κ1) is 17.0. The van der Waals surface area contributed by atoms with Crippen LogP contribution in [0.5, 0.6) is 0 Å². The first-order valence-electron chi connectivity index (χ1n) is 8.24. The molecule has 1 saturated heterocycles. The first-order chi connectivity index (χ1) is 11.5. The summed E-state index contributed by atoms with van der Waals surface area (Å²) in [6.45, 7) is 3.23. The van der Waals surface area contributed by atoms with Crippen molar-refractivity contribution in [2.24, 2.45) is 0 Å². The van der Waals surface area contributed by atoms with Gasteiger partial charge in [0, 0.05) is 31.5 Å². The molecule has 1 fully saturated rings. The van der Waals surface area contributed by atoms with Crippen LogP contribution in [0.15, 0.2) is 42.7 Å². The van der Waals surface area contributed by atoms with Crippen molar-refractivity contribution >= 4 is 0 Å². The Labute approximate surface area is 139 Å². The minimum Gasteiger partial charge on any atom is -0.367 e. The zero-order valence-electron chi connectivity index (χ0n) is 13.4. The zero-order chi connectivity index (χ0) is 17.0. The molecule has 0 spiro atoms. The van der Waals surface area contributed by atoms with E-state index in [9.17, 15) is 13.2 Å². The Kier molecular flexibility index (Phi) is 5.26. The van der Waals surface area contributed by atoms with Crippen molar-refractivity contribution in [1.82, 2.24) is 15.2 Å². The normalized spacial score (nSPS) is 17.3. The Hall–Kier alpha value is -1.79. The molecule has 2 N–H and O–H groups in total. The number of benzene rings is 1. The average Bonchev–Trinajstić information content (AvgIpc) is 3.07. The van der Waals surface area contributed by atoms with Gasteiger partial charge in [0.05, 0.1) is 5.56 Å². The third kappa shape index (κ3) is 4.61. The van der Waals surface area contributed by atoms with E-state index in [1.54, 1.807) is 6.07 Å². The summed E-state index contributed by atoms with van der Waals surface area (Å²) in [4.78, 5) is 5.26. The molecule has 1 aromatic carbocycles. The van der Waals surface area contributed by atoms with Gasteiger partial charge in [0.1, 0.15) is 0 Å². The number of alkyl halides is 3. The molecule has 0 atom stereocenters. The van der Waals surface area contributed by atoms with Crippen molar-refractivity contribution in [2.75, 3.05) is 13.1 Å². The summed E-state index contributed by atoms with van der Waals surface area (Å²) in [5.74, 6) is 0. The predicted octanol–water partition coefficient (Wildman–Crippen LogP) is 3.79. The number of nitrogens with one attached hydrogen (secondary N) is 2. The second-order valence-corrected chi connectivity index (χ2v) is 6.35. The second-order valence-electron chi connectivity index (χ2n) is 6.35. The second kappa shape index (κ2) is 7.40. The number of aromatic amines is 1. The van der Waals surface area contributed by atoms with E-state index in [0.29, 0.717) is 12.6 Å². The number of hydrogen-bond acceptors (Lipinski definition) is 2. The van der Waals surface area contributed by atoms with Gasteiger partial charge in [-0.3, -0.25) is 4.90 Å². The van der Waals surface area contributed by atoms with Crippen LogP contribution in [0.3, 0.4) is 0 Å². The van der Waals surface area contributed by atoms with Crippen LogP contribution in [0.1, 0.15) is 29.5 Å². The highest BCUT2D eigenvalue weighted by Gasteiger charge is 2.30. The summed E-state index contributed by atoms with van der Waals surface area (Å²) >= 11 is 0. The van der Waals surface area contributed by atoms with Crippen LogP contribution in [0.4, 0.5) is 13.2 Å². The van der Waals surface area contributed by atoms with Gasteiger partial charge in [-0.25, -0.2) is 0 Å². The molecule has 0 bridgehead atoms. The fourth-order valence-corrected chi connectivity index (χ4v) is 3.13. The third-order valence-electron chi connectivity index (χ3n) is 4.51. The van der Waals surface area contributed by atoms with Crippen LogP contribution in [-0.2, 0) is 19.3 Å². The van der Waals surface area contributed by atoms with Gasteiger partial charge in [0.2, 0.25) is 0 Å². The summed E-state index contributed by atoms with van der Waals surface area (Å²) in [5, 5.41) is 3.54. The molecular weight excluding hydrogens is 315 g/mol. The zero-order valence-corrected chi connectivity index (χ0v) is 13.4. The molecule has 0 saturated carbocycles. The van der Waals surface area contributed by atoms with Crippen LogP contribution < -0.4 is 5.32 Å². The van der Waals surface area contributed by atoms with E-state index in [-0.39, 0.29) is 0 Å². The molecule has 1 aliphatic heterocycles. The van der Waals surface area contributed by atoms with Crippen molar-refractivity contribution in [1.29, 1.82) is 0 Å². The lowest BCUT2D eigenvalue weighted by Gasteiger charge is -2.32. The maximum Gasteiger partial charge on any atom is 0.416 e. The monoisotopic (exact) mass is 337 g/mol. The van der Waals surface area contributed by atoms with E-state index in [2.05, 4.69) is 21.3 Å². The topological polar surface area (TPSA) is 31.1 Å². The number of piperidine rings is 1. The SMILES string of the molecule is FC(F)(F)c1cccc(CN2CCC(NCc3cc[nH]c3)CC2)c1. The van der Waals surface area contributed by atoms with Crippen LogP contribution in [0.25, 0.3) is 0 Å². The Balaban J connectivity index is 1.47. The Bertz CT molecular complexity index is 629. The van der Waals surface area contributed by atoms with Crippen LogP contribution in [0, 0.1) is 0 Å². The van der Waals surface area contributed by atoms with Crippen molar-refractivity contribution in [3.05, 3.63) is 59.4 Å². The molecule has 2 aromatic rings. The highest BCUT2D eigenvalue weighted by atomic mass is 19.4. The molecule has 1 aliphatic rings. The predicted molar refractivity (Wildman–Crippen MR) is 87.4 cm³/mol. The quantitative estimate of drug-likeness (QED) is 0.870. The number of rotatable bonds is 5. The Morgan fingerprint density at radius 3 is 2.58 bits per heavy atom. The summed E-state index contributed by atoms with van der Waals surface area (Å²) in [7, 11) is 0. The minimum atomic E-state index is -4.27. The molecule has 0 aliphatic carbocycles. The average molecular weight is 337 g/mol. The number of aromatic nitrogens is 1. The van der Waals surface area contributed by atoms with Gasteiger partial charge in [-0.1, -0.05) is 18.2 Å². The fraction of sp³-hybridized carbons (Fsp3) is 0.444. The fourth-order valence-electron chi connectivity index (χ4n) is 3.13. The van der Waals surface area contributed by atoms with E-state index in [4.69, 9.17) is 0 Å². The highest BCUT2D eigenvalue weighted by Crippen LogP contribution is 2.30. The van der Waals surface area contributed by atoms with Gasteiger partial charge in [0.15, 0.2) is 0 Å². The molecule has 0 radical (unpaired) electrons. The van der Waals surface area contributed by atoms with E-state index < -0.39 is 11.7 Å². The maximum absolute atomic E-state index is 12.8. The molecular formula is C18H22F3N3. The van der Waals surface area contributed by atoms with Gasteiger partial charge < -0.3 is 10.3 Å². The van der Waals surface area contributed by atoms with Gasteiger partial charge in [-0.2, -0.15) is 13.2 Å². The highest BCUT2D eigenvalue weighted by molar-refractivity contribution is 5.25. The number of likely N-dealkylation sites (tertiary alicyclic amines) is 1. The lowest BCUT2D eigenvalue weighted by molar-refractivity contribution is -0.137. The lowest BCUT2D eigenvalue weighted by Crippen LogP contribution is -2.41. The number of hydrogen-bond donors (Lipinski definition) is 2. The van der Waals surface area contributed by atoms with E-state index >= 15 is 0 Å². The van der Waals surface area contributed by atoms with Crippen LogP contribution in [0.2, 0.25) is 0 Å². The van der Waals surface area contributed by atoms with Crippen molar-refractivity contribution in [3.8, 4) is 0 Å². The van der Waals surface area contributed by atoms with Gasteiger partial charge in [0.25, 0.3) is 0 Å². The summed E-state index contributed by atoms with van der Waals surface area (Å²) in [6, 6.07) is 8.17. The number of H-pyrrole nitrogens is 1. The van der Waals surface area contributed by atoms with Crippen molar-refractivity contribution in [3.63, 3.8) is 0 Å². The molecule has 6 heteroatoms. The van der Waals surface area contributed by atoms with E-state index in [1.807, 2.05) is 12.4 Å². The number of nitrogens with zero attached hydrogens (tertiary/aromatic N) is 1. The Morgan fingerprint density at radius 2 is 1.92 bits per heavy atom. The van der Waals surface area contributed by atoms with Gasteiger partial charge >= 0.3 is 6.18 Å². The summed E-state index contributed by atoms with van der Waals surface area (Å²) in [6.07, 6.45) is 1.66. The molecule has 1 aromatic heterocycles. The van der Waals surface area contributed by atoms with E-state index in [0.717, 1.165) is 44.1 Å². The van der Waals surface area contributed by atoms with Crippen molar-refractivity contribution in [2.45, 2.75) is 38.1 Å². The molecule has 3 rings (SSSR count). The first-order valence-corrected chi connectivity index (χ1v) is 8.24. The molecule has 2 heterocycles. The largest absolute Gasteiger partial charge is 0.416 e. The van der Waals surface area contributed by atoms with Gasteiger partial charge in [-0.15, -0.1) is 0 Å². The summed E-state index contributed by atoms with van der Waals surface area (Å²) < 4.78 is 38.3. The Morgan fingerprint density at radius 1 is 1.12 bits per heavy atom. The minimum absolute atomic E-state index is 0.470. The standard InChI is InChI=1S/C18H22F3N3/c19-18(20,21)16-3-1-2-14(10-16)13-24-8-5-17(6-9-24)23-12-15-4-7-22-11-15/h1-4,7,10-11,17,22-23H,5-6,8-9,12-13H2. The van der Waals surface area contributed by atoms with Crippen LogP contribution in [-0.4, -0.2) is 29.0 Å². The molecule has 24 heavy (non-hydrogen) atoms. The van der Waals surface area contributed by atoms with Gasteiger partial charge in [-0.05, 0) is 49.2 Å². The molecule has 130 valence electrons. The lowest BCUT2D eigenvalue weighted by atomic mass is 10.0. The molecule has 0 amide bonds. The van der Waals surface area contributed by atoms with Crippen molar-refractivity contribution < 1.29 is 13.2 Å². The molecule has 0 unspecified atom stereocenters. The van der Waals surface area contributed by atoms with Crippen LogP contribution >= 0.6 is 0 Å². The molecule has 3 nitrogen and oxygen atoms in total.